The van der Waals surface area contributed by atoms with Gasteiger partial charge in [0.1, 0.15) is 11.4 Å². The lowest BCUT2D eigenvalue weighted by Gasteiger charge is -2.41. The second kappa shape index (κ2) is 9.44. The minimum Gasteiger partial charge on any atom is -0.487 e. The molecule has 0 spiro atoms. The molecule has 0 aliphatic carbocycles. The molecule has 1 unspecified atom stereocenters. The average Bonchev–Trinajstić information content (AvgIpc) is 2.84. The molecule has 1 fully saturated rings. The van der Waals surface area contributed by atoms with Gasteiger partial charge in [-0.05, 0) is 44.2 Å². The third-order valence-electron chi connectivity index (χ3n) is 6.99. The fourth-order valence-corrected chi connectivity index (χ4v) is 6.12. The lowest BCUT2D eigenvalue weighted by atomic mass is 9.83. The lowest BCUT2D eigenvalue weighted by molar-refractivity contribution is 0.0227. The molecule has 4 rings (SSSR count). The lowest BCUT2D eigenvalue weighted by Crippen LogP contribution is -2.47. The van der Waals surface area contributed by atoms with Gasteiger partial charge in [0, 0.05) is 43.7 Å². The van der Waals surface area contributed by atoms with Crippen molar-refractivity contribution < 1.29 is 17.9 Å². The van der Waals surface area contributed by atoms with Gasteiger partial charge in [-0.3, -0.25) is 4.79 Å². The quantitative estimate of drug-likeness (QED) is 0.698. The van der Waals surface area contributed by atoms with Crippen LogP contribution >= 0.6 is 0 Å². The molecular weight excluding hydrogens is 438 g/mol. The number of hydrogen-bond acceptors (Lipinski definition) is 5. The van der Waals surface area contributed by atoms with Crippen LogP contribution in [-0.4, -0.2) is 62.4 Å². The topological polar surface area (TPSA) is 79.0 Å². The normalized spacial score (nSPS) is 21.1. The fourth-order valence-electron chi connectivity index (χ4n) is 4.65. The van der Waals surface area contributed by atoms with E-state index >= 15 is 0 Å². The van der Waals surface area contributed by atoms with Crippen molar-refractivity contribution in [3.63, 3.8) is 0 Å². The van der Waals surface area contributed by atoms with Crippen LogP contribution in [0.5, 0.6) is 5.75 Å². The van der Waals surface area contributed by atoms with Crippen LogP contribution in [0.15, 0.2) is 53.4 Å². The van der Waals surface area contributed by atoms with Gasteiger partial charge >= 0.3 is 0 Å². The van der Waals surface area contributed by atoms with Gasteiger partial charge in [-0.25, -0.2) is 8.42 Å². The molecule has 7 nitrogen and oxygen atoms in total. The molecule has 1 amide bonds. The van der Waals surface area contributed by atoms with E-state index in [1.807, 2.05) is 31.3 Å². The highest BCUT2D eigenvalue weighted by molar-refractivity contribution is 7.89. The van der Waals surface area contributed by atoms with Crippen LogP contribution in [0, 0.1) is 0 Å². The molecule has 8 heteroatoms. The molecular formula is C25H33N3O4S. The molecule has 2 aliphatic heterocycles. The van der Waals surface area contributed by atoms with Gasteiger partial charge in [0.05, 0.1) is 10.9 Å². The summed E-state index contributed by atoms with van der Waals surface area (Å²) in [7, 11) is -1.66. The molecule has 1 N–H and O–H groups in total. The largest absolute Gasteiger partial charge is 0.487 e. The highest BCUT2D eigenvalue weighted by atomic mass is 32.2. The zero-order chi connectivity index (χ0) is 23.6. The second-order valence-electron chi connectivity index (χ2n) is 9.00. The third kappa shape index (κ3) is 4.78. The predicted molar refractivity (Wildman–Crippen MR) is 128 cm³/mol. The van der Waals surface area contributed by atoms with E-state index in [9.17, 15) is 13.2 Å². The van der Waals surface area contributed by atoms with Crippen LogP contribution in [0.2, 0.25) is 0 Å². The summed E-state index contributed by atoms with van der Waals surface area (Å²) in [6.45, 7) is 6.48. The Labute approximate surface area is 196 Å². The molecule has 0 saturated carbocycles. The highest BCUT2D eigenvalue weighted by Crippen LogP contribution is 2.42. The first-order valence-electron chi connectivity index (χ1n) is 11.7. The van der Waals surface area contributed by atoms with Crippen LogP contribution in [0.1, 0.15) is 55.1 Å². The van der Waals surface area contributed by atoms with Gasteiger partial charge < -0.3 is 15.0 Å². The highest BCUT2D eigenvalue weighted by Gasteiger charge is 2.39. The Balaban J connectivity index is 1.57. The summed E-state index contributed by atoms with van der Waals surface area (Å²) in [5.41, 5.74) is 0.955. The number of nitrogens with one attached hydrogen (secondary N) is 1. The van der Waals surface area contributed by atoms with Crippen LogP contribution in [0.3, 0.4) is 0 Å². The van der Waals surface area contributed by atoms with Crippen molar-refractivity contribution in [2.75, 3.05) is 33.2 Å². The van der Waals surface area contributed by atoms with Crippen molar-refractivity contribution >= 4 is 15.9 Å². The number of fused-ring (bicyclic) bond motifs is 1. The van der Waals surface area contributed by atoms with Crippen LogP contribution in [0.25, 0.3) is 0 Å². The van der Waals surface area contributed by atoms with Gasteiger partial charge in [-0.2, -0.15) is 4.31 Å². The van der Waals surface area contributed by atoms with Gasteiger partial charge in [0.15, 0.2) is 0 Å². The Morgan fingerprint density at radius 3 is 2.45 bits per heavy atom. The molecule has 1 saturated heterocycles. The van der Waals surface area contributed by atoms with Gasteiger partial charge in [0.25, 0.3) is 5.91 Å². The molecule has 0 bridgehead atoms. The minimum absolute atomic E-state index is 0.156. The number of ether oxygens (including phenoxy) is 1. The first kappa shape index (κ1) is 23.7. The maximum absolute atomic E-state index is 13.2. The van der Waals surface area contributed by atoms with Crippen LogP contribution in [0.4, 0.5) is 0 Å². The zero-order valence-corrected chi connectivity index (χ0v) is 20.4. The van der Waals surface area contributed by atoms with E-state index in [-0.39, 0.29) is 22.4 Å². The Morgan fingerprint density at radius 2 is 1.76 bits per heavy atom. The summed E-state index contributed by atoms with van der Waals surface area (Å²) in [5, 5.41) is 3.14. The summed E-state index contributed by atoms with van der Waals surface area (Å²) < 4.78 is 34.1. The number of carbonyl (C=O) groups is 1. The van der Waals surface area contributed by atoms with E-state index in [0.717, 1.165) is 24.2 Å². The van der Waals surface area contributed by atoms with Gasteiger partial charge in [0.2, 0.25) is 10.0 Å². The first-order valence-corrected chi connectivity index (χ1v) is 13.1. The number of likely N-dealkylation sites (N-methyl/N-ethyl adjacent to an activating group) is 1. The Kier molecular flexibility index (Phi) is 6.79. The van der Waals surface area contributed by atoms with E-state index in [1.165, 1.54) is 10.4 Å². The first-order chi connectivity index (χ1) is 15.8. The van der Waals surface area contributed by atoms with Crippen LogP contribution in [-0.2, 0) is 10.0 Å². The predicted octanol–water partition coefficient (Wildman–Crippen LogP) is 3.44. The summed E-state index contributed by atoms with van der Waals surface area (Å²) in [6, 6.07) is 13.9. The average molecular weight is 472 g/mol. The molecule has 0 radical (unpaired) electrons. The summed E-state index contributed by atoms with van der Waals surface area (Å²) in [6.07, 6.45) is 2.34. The fraction of sp³-hybridized carbons (Fsp3) is 0.480. The maximum atomic E-state index is 13.2. The Bertz CT molecular complexity index is 1110. The number of sulfonamides is 1. The van der Waals surface area contributed by atoms with Crippen molar-refractivity contribution in [2.45, 2.75) is 49.6 Å². The van der Waals surface area contributed by atoms with Crippen LogP contribution < -0.4 is 10.1 Å². The van der Waals surface area contributed by atoms with Crippen molar-refractivity contribution in [1.82, 2.24) is 14.5 Å². The van der Waals surface area contributed by atoms with Crippen molar-refractivity contribution in [3.05, 3.63) is 59.7 Å². The van der Waals surface area contributed by atoms with Crippen molar-refractivity contribution in [3.8, 4) is 5.75 Å². The standard InChI is InChI=1S/C25H33N3O4S/c1-4-25(5-2)18-22(21-11-6-7-12-23(21)32-25)26-24(29)19-9-8-10-20(17-19)33(30,31)28-15-13-27(3)14-16-28/h6-12,17,22H,4-5,13-16,18H2,1-3H3,(H,26,29). The third-order valence-corrected chi connectivity index (χ3v) is 8.88. The molecule has 1 atom stereocenters. The zero-order valence-electron chi connectivity index (χ0n) is 19.6. The molecule has 178 valence electrons. The molecule has 2 aromatic rings. The van der Waals surface area contributed by atoms with E-state index in [0.29, 0.717) is 38.2 Å². The minimum atomic E-state index is -3.64. The van der Waals surface area contributed by atoms with Crippen molar-refractivity contribution in [2.24, 2.45) is 0 Å². The molecule has 2 aromatic carbocycles. The number of piperazine rings is 1. The van der Waals surface area contributed by atoms with Crippen molar-refractivity contribution in [1.29, 1.82) is 0 Å². The van der Waals surface area contributed by atoms with E-state index in [2.05, 4.69) is 24.1 Å². The number of hydrogen-bond donors (Lipinski definition) is 1. The van der Waals surface area contributed by atoms with Gasteiger partial charge in [-0.15, -0.1) is 0 Å². The number of para-hydroxylation sites is 1. The number of carbonyl (C=O) groups excluding carboxylic acids is 1. The molecule has 33 heavy (non-hydrogen) atoms. The molecule has 2 heterocycles. The van der Waals surface area contributed by atoms with E-state index in [4.69, 9.17) is 4.74 Å². The molecule has 0 aromatic heterocycles. The van der Waals surface area contributed by atoms with Gasteiger partial charge in [-0.1, -0.05) is 38.1 Å². The van der Waals surface area contributed by atoms with E-state index < -0.39 is 10.0 Å². The maximum Gasteiger partial charge on any atom is 0.251 e. The second-order valence-corrected chi connectivity index (χ2v) is 10.9. The SMILES string of the molecule is CCC1(CC)CC(NC(=O)c2cccc(S(=O)(=O)N3CCN(C)CC3)c2)c2ccccc2O1. The summed E-state index contributed by atoms with van der Waals surface area (Å²) in [4.78, 5) is 15.5. The number of amides is 1. The number of benzene rings is 2. The number of rotatable bonds is 6. The monoisotopic (exact) mass is 471 g/mol. The summed E-state index contributed by atoms with van der Waals surface area (Å²) >= 11 is 0. The Hall–Kier alpha value is -2.42. The summed E-state index contributed by atoms with van der Waals surface area (Å²) in [5.74, 6) is 0.511. The number of nitrogens with zero attached hydrogens (tertiary/aromatic N) is 2. The molecule has 2 aliphatic rings. The van der Waals surface area contributed by atoms with E-state index in [1.54, 1.807) is 18.2 Å². The smallest absolute Gasteiger partial charge is 0.251 e. The Morgan fingerprint density at radius 1 is 1.06 bits per heavy atom.